The van der Waals surface area contributed by atoms with E-state index in [4.69, 9.17) is 0 Å². The van der Waals surface area contributed by atoms with Crippen molar-refractivity contribution in [1.29, 1.82) is 0 Å². The molecule has 1 heterocycles. The number of sulfonamides is 1. The molecule has 0 radical (unpaired) electrons. The predicted molar refractivity (Wildman–Crippen MR) is 82.1 cm³/mol. The van der Waals surface area contributed by atoms with Crippen LogP contribution in [0.5, 0.6) is 0 Å². The van der Waals surface area contributed by atoms with Gasteiger partial charge in [0.05, 0.1) is 4.90 Å². The standard InChI is InChI=1S/C16H23NO2S/c1-12(2)15-10-16(4,5)11-17(15)20(18,19)14-8-6-13(3)7-9-14/h6-9,15H,1,10-11H2,2-5H3. The van der Waals surface area contributed by atoms with Gasteiger partial charge in [0.15, 0.2) is 0 Å². The number of hydrogen-bond donors (Lipinski definition) is 0. The summed E-state index contributed by atoms with van der Waals surface area (Å²) in [6.45, 7) is 12.6. The first-order valence-corrected chi connectivity index (χ1v) is 8.31. The molecule has 4 heteroatoms. The Balaban J connectivity index is 2.42. The highest BCUT2D eigenvalue weighted by Gasteiger charge is 2.44. The highest BCUT2D eigenvalue weighted by molar-refractivity contribution is 7.89. The Bertz CT molecular complexity index is 614. The van der Waals surface area contributed by atoms with Crippen molar-refractivity contribution in [1.82, 2.24) is 4.31 Å². The lowest BCUT2D eigenvalue weighted by Gasteiger charge is -2.24. The van der Waals surface area contributed by atoms with Crippen LogP contribution in [0.15, 0.2) is 41.3 Å². The molecule has 1 fully saturated rings. The quantitative estimate of drug-likeness (QED) is 0.801. The monoisotopic (exact) mass is 293 g/mol. The minimum atomic E-state index is -3.45. The maximum Gasteiger partial charge on any atom is 0.243 e. The molecule has 1 aromatic carbocycles. The summed E-state index contributed by atoms with van der Waals surface area (Å²) in [5.41, 5.74) is 1.95. The summed E-state index contributed by atoms with van der Waals surface area (Å²) in [6.07, 6.45) is 0.827. The molecular weight excluding hydrogens is 270 g/mol. The largest absolute Gasteiger partial charge is 0.243 e. The summed E-state index contributed by atoms with van der Waals surface area (Å²) in [4.78, 5) is 0.368. The molecule has 0 spiro atoms. The van der Waals surface area contributed by atoms with Gasteiger partial charge in [0.2, 0.25) is 10.0 Å². The normalized spacial score (nSPS) is 22.9. The van der Waals surface area contributed by atoms with E-state index < -0.39 is 10.0 Å². The van der Waals surface area contributed by atoms with Crippen LogP contribution in [-0.4, -0.2) is 25.3 Å². The van der Waals surface area contributed by atoms with Crippen molar-refractivity contribution in [2.24, 2.45) is 5.41 Å². The lowest BCUT2D eigenvalue weighted by atomic mass is 9.89. The summed E-state index contributed by atoms with van der Waals surface area (Å²) >= 11 is 0. The Morgan fingerprint density at radius 1 is 1.30 bits per heavy atom. The molecule has 110 valence electrons. The van der Waals surface area contributed by atoms with E-state index in [1.807, 2.05) is 26.0 Å². The predicted octanol–water partition coefficient (Wildman–Crippen LogP) is 3.36. The summed E-state index contributed by atoms with van der Waals surface area (Å²) < 4.78 is 27.3. The van der Waals surface area contributed by atoms with Crippen LogP contribution in [0, 0.1) is 12.3 Å². The van der Waals surface area contributed by atoms with E-state index in [0.29, 0.717) is 11.4 Å². The van der Waals surface area contributed by atoms with Crippen LogP contribution in [0.3, 0.4) is 0 Å². The van der Waals surface area contributed by atoms with Gasteiger partial charge < -0.3 is 0 Å². The van der Waals surface area contributed by atoms with E-state index in [1.165, 1.54) is 0 Å². The molecule has 1 aromatic rings. The summed E-state index contributed by atoms with van der Waals surface area (Å²) in [5, 5.41) is 0. The highest BCUT2D eigenvalue weighted by atomic mass is 32.2. The molecule has 20 heavy (non-hydrogen) atoms. The third-order valence-corrected chi connectivity index (χ3v) is 5.74. The van der Waals surface area contributed by atoms with Crippen LogP contribution >= 0.6 is 0 Å². The molecule has 0 aromatic heterocycles. The lowest BCUT2D eigenvalue weighted by Crippen LogP contribution is -2.36. The van der Waals surface area contributed by atoms with Crippen molar-refractivity contribution in [2.45, 2.75) is 45.1 Å². The smallest absolute Gasteiger partial charge is 0.207 e. The fourth-order valence-electron chi connectivity index (χ4n) is 2.74. The van der Waals surface area contributed by atoms with Crippen molar-refractivity contribution in [3.63, 3.8) is 0 Å². The van der Waals surface area contributed by atoms with E-state index in [1.54, 1.807) is 16.4 Å². The van der Waals surface area contributed by atoms with Crippen LogP contribution in [0.2, 0.25) is 0 Å². The maximum absolute atomic E-state index is 12.8. The Labute approximate surface area is 122 Å². The van der Waals surface area contributed by atoms with Gasteiger partial charge in [-0.05, 0) is 37.8 Å². The first-order valence-electron chi connectivity index (χ1n) is 6.87. The molecule has 1 atom stereocenters. The van der Waals surface area contributed by atoms with Gasteiger partial charge in [-0.25, -0.2) is 8.42 Å². The number of nitrogens with zero attached hydrogens (tertiary/aromatic N) is 1. The molecule has 0 saturated carbocycles. The second-order valence-electron chi connectivity index (χ2n) is 6.59. The van der Waals surface area contributed by atoms with Crippen molar-refractivity contribution in [3.05, 3.63) is 42.0 Å². The van der Waals surface area contributed by atoms with E-state index in [0.717, 1.165) is 17.6 Å². The molecule has 3 nitrogen and oxygen atoms in total. The maximum atomic E-state index is 12.8. The van der Waals surface area contributed by atoms with Crippen LogP contribution in [0.1, 0.15) is 32.8 Å². The zero-order valence-electron chi connectivity index (χ0n) is 12.7. The average Bonchev–Trinajstić information content (AvgIpc) is 2.67. The van der Waals surface area contributed by atoms with Crippen LogP contribution in [0.4, 0.5) is 0 Å². The molecule has 0 N–H and O–H groups in total. The highest BCUT2D eigenvalue weighted by Crippen LogP contribution is 2.39. The third kappa shape index (κ3) is 2.81. The van der Waals surface area contributed by atoms with E-state index in [2.05, 4.69) is 20.4 Å². The van der Waals surface area contributed by atoms with Gasteiger partial charge >= 0.3 is 0 Å². The van der Waals surface area contributed by atoms with Crippen molar-refractivity contribution < 1.29 is 8.42 Å². The summed E-state index contributed by atoms with van der Waals surface area (Å²) in [7, 11) is -3.45. The Morgan fingerprint density at radius 3 is 2.35 bits per heavy atom. The topological polar surface area (TPSA) is 37.4 Å². The molecule has 1 unspecified atom stereocenters. The zero-order valence-corrected chi connectivity index (χ0v) is 13.5. The summed E-state index contributed by atoms with van der Waals surface area (Å²) in [5.74, 6) is 0. The number of benzene rings is 1. The molecule has 2 rings (SSSR count). The van der Waals surface area contributed by atoms with Gasteiger partial charge in [-0.1, -0.05) is 43.7 Å². The molecule has 1 aliphatic heterocycles. The van der Waals surface area contributed by atoms with Gasteiger partial charge in [-0.3, -0.25) is 0 Å². The molecule has 0 amide bonds. The second-order valence-corrected chi connectivity index (χ2v) is 8.48. The van der Waals surface area contributed by atoms with Gasteiger partial charge in [0.25, 0.3) is 0 Å². The van der Waals surface area contributed by atoms with Crippen molar-refractivity contribution >= 4 is 10.0 Å². The average molecular weight is 293 g/mol. The van der Waals surface area contributed by atoms with Gasteiger partial charge in [-0.2, -0.15) is 4.31 Å². The second kappa shape index (κ2) is 5.01. The van der Waals surface area contributed by atoms with Gasteiger partial charge in [0, 0.05) is 12.6 Å². The van der Waals surface area contributed by atoms with Crippen LogP contribution in [-0.2, 0) is 10.0 Å². The Morgan fingerprint density at radius 2 is 1.85 bits per heavy atom. The van der Waals surface area contributed by atoms with E-state index in [-0.39, 0.29) is 11.5 Å². The van der Waals surface area contributed by atoms with Gasteiger partial charge in [-0.15, -0.1) is 0 Å². The zero-order chi connectivity index (χ0) is 15.1. The van der Waals surface area contributed by atoms with E-state index in [9.17, 15) is 8.42 Å². The lowest BCUT2D eigenvalue weighted by molar-refractivity contribution is 0.372. The minimum Gasteiger partial charge on any atom is -0.207 e. The number of aryl methyl sites for hydroxylation is 1. The van der Waals surface area contributed by atoms with Crippen LogP contribution in [0.25, 0.3) is 0 Å². The Hall–Kier alpha value is -1.13. The molecule has 1 aliphatic rings. The molecule has 0 bridgehead atoms. The number of hydrogen-bond acceptors (Lipinski definition) is 2. The summed E-state index contributed by atoms with van der Waals surface area (Å²) in [6, 6.07) is 6.95. The first kappa shape index (κ1) is 15.3. The molecule has 0 aliphatic carbocycles. The molecular formula is C16H23NO2S. The van der Waals surface area contributed by atoms with Crippen LogP contribution < -0.4 is 0 Å². The first-order chi connectivity index (χ1) is 9.13. The van der Waals surface area contributed by atoms with E-state index >= 15 is 0 Å². The van der Waals surface area contributed by atoms with Crippen molar-refractivity contribution in [3.8, 4) is 0 Å². The SMILES string of the molecule is C=C(C)C1CC(C)(C)CN1S(=O)(=O)c1ccc(C)cc1. The third-order valence-electron chi connectivity index (χ3n) is 3.87. The number of rotatable bonds is 3. The van der Waals surface area contributed by atoms with Gasteiger partial charge in [0.1, 0.15) is 0 Å². The van der Waals surface area contributed by atoms with Crippen molar-refractivity contribution in [2.75, 3.05) is 6.54 Å². The molecule has 1 saturated heterocycles. The minimum absolute atomic E-state index is 0.0125. The Kier molecular flexibility index (Phi) is 3.82. The fourth-order valence-corrected chi connectivity index (χ4v) is 4.60. The fraction of sp³-hybridized carbons (Fsp3) is 0.500.